The normalized spacial score (nSPS) is 10.2. The van der Waals surface area contributed by atoms with E-state index in [1.54, 1.807) is 6.92 Å². The van der Waals surface area contributed by atoms with Gasteiger partial charge >= 0.3 is 0 Å². The fourth-order valence-electron chi connectivity index (χ4n) is 0.580. The quantitative estimate of drug-likeness (QED) is 0.627. The fourth-order valence-corrected chi connectivity index (χ4v) is 0.580. The van der Waals surface area contributed by atoms with Crippen LogP contribution in [0.4, 0.5) is 0 Å². The first-order chi connectivity index (χ1) is 4.22. The molecule has 0 aromatic heterocycles. The van der Waals surface area contributed by atoms with Gasteiger partial charge in [0.05, 0.1) is 0 Å². The molecule has 0 aliphatic rings. The summed E-state index contributed by atoms with van der Waals surface area (Å²) in [7, 11) is 0. The molecule has 0 unspecified atom stereocenters. The van der Waals surface area contributed by atoms with Crippen LogP contribution in [0.2, 0.25) is 0 Å². The summed E-state index contributed by atoms with van der Waals surface area (Å²) in [6.45, 7) is 3.67. The second kappa shape index (κ2) is 4.50. The van der Waals surface area contributed by atoms with Crippen molar-refractivity contribution in [3.05, 3.63) is 6.10 Å². The number of ketones is 1. The number of hydrogen-bond donors (Lipinski definition) is 1. The van der Waals surface area contributed by atoms with Crippen LogP contribution in [0.15, 0.2) is 0 Å². The third kappa shape index (κ3) is 3.25. The average Bonchev–Trinajstić information content (AvgIpc) is 1.87. The Hall–Kier alpha value is -0.370. The van der Waals surface area contributed by atoms with Crippen LogP contribution in [0.5, 0.6) is 0 Å². The van der Waals surface area contributed by atoms with E-state index >= 15 is 0 Å². The summed E-state index contributed by atoms with van der Waals surface area (Å²) in [5, 5.41) is 8.88. The van der Waals surface area contributed by atoms with Crippen LogP contribution in [0, 0.1) is 6.10 Å². The van der Waals surface area contributed by atoms with Crippen molar-refractivity contribution in [2.75, 3.05) is 0 Å². The van der Waals surface area contributed by atoms with E-state index in [9.17, 15) is 4.79 Å². The molecule has 0 spiro atoms. The second-order valence-corrected chi connectivity index (χ2v) is 1.97. The van der Waals surface area contributed by atoms with Gasteiger partial charge in [0.1, 0.15) is 0 Å². The van der Waals surface area contributed by atoms with Crippen molar-refractivity contribution in [2.24, 2.45) is 0 Å². The molecule has 0 aliphatic carbocycles. The number of aliphatic hydroxyl groups is 1. The van der Waals surface area contributed by atoms with Gasteiger partial charge in [-0.2, -0.15) is 0 Å². The van der Waals surface area contributed by atoms with E-state index in [0.29, 0.717) is 12.8 Å². The first-order valence-corrected chi connectivity index (χ1v) is 3.30. The molecule has 1 radical (unpaired) electrons. The zero-order chi connectivity index (χ0) is 7.28. The zero-order valence-electron chi connectivity index (χ0n) is 5.98. The Kier molecular flexibility index (Phi) is 4.32. The van der Waals surface area contributed by atoms with E-state index in [-0.39, 0.29) is 11.9 Å². The zero-order valence-corrected chi connectivity index (χ0v) is 5.98. The van der Waals surface area contributed by atoms with Crippen LogP contribution < -0.4 is 0 Å². The Balaban J connectivity index is 3.45. The highest BCUT2D eigenvalue weighted by Crippen LogP contribution is 2.06. The summed E-state index contributed by atoms with van der Waals surface area (Å²) in [6, 6.07) is 0. The van der Waals surface area contributed by atoms with Crippen LogP contribution >= 0.6 is 0 Å². The Morgan fingerprint density at radius 2 is 2.00 bits per heavy atom. The highest BCUT2D eigenvalue weighted by molar-refractivity contribution is 5.89. The maximum atomic E-state index is 10.6. The van der Waals surface area contributed by atoms with E-state index in [1.165, 1.54) is 0 Å². The molecule has 0 amide bonds. The Morgan fingerprint density at radius 3 is 2.33 bits per heavy atom. The van der Waals surface area contributed by atoms with Crippen molar-refractivity contribution in [3.63, 3.8) is 0 Å². The summed E-state index contributed by atoms with van der Waals surface area (Å²) < 4.78 is 0. The van der Waals surface area contributed by atoms with Gasteiger partial charge in [-0.15, -0.1) is 0 Å². The van der Waals surface area contributed by atoms with Gasteiger partial charge in [-0.25, -0.2) is 0 Å². The third-order valence-electron chi connectivity index (χ3n) is 1.13. The lowest BCUT2D eigenvalue weighted by Gasteiger charge is -2.02. The molecule has 0 saturated carbocycles. The lowest BCUT2D eigenvalue weighted by atomic mass is 10.1. The molecule has 0 heterocycles. The average molecular weight is 129 g/mol. The molecule has 0 rings (SSSR count). The van der Waals surface area contributed by atoms with Gasteiger partial charge in [-0.3, -0.25) is 4.79 Å². The molecule has 9 heavy (non-hydrogen) atoms. The maximum Gasteiger partial charge on any atom is 0.167 e. The van der Waals surface area contributed by atoms with Crippen LogP contribution in [0.25, 0.3) is 0 Å². The summed E-state index contributed by atoms with van der Waals surface area (Å²) in [6.07, 6.45) is 1.79. The topological polar surface area (TPSA) is 37.3 Å². The molecule has 53 valence electrons. The molecular formula is C7H13O2. The minimum absolute atomic E-state index is 0.0278. The van der Waals surface area contributed by atoms with Crippen molar-refractivity contribution >= 4 is 5.78 Å². The van der Waals surface area contributed by atoms with Crippen molar-refractivity contribution in [1.29, 1.82) is 0 Å². The predicted octanol–water partition coefficient (Wildman–Crippen LogP) is 1.67. The van der Waals surface area contributed by atoms with Crippen LogP contribution in [-0.2, 0) is 4.79 Å². The summed E-state index contributed by atoms with van der Waals surface area (Å²) in [5.41, 5.74) is 0. The molecule has 0 fully saturated rings. The lowest BCUT2D eigenvalue weighted by molar-refractivity contribution is -0.121. The number of hydrogen-bond acceptors (Lipinski definition) is 2. The molecule has 0 saturated heterocycles. The molecule has 0 bridgehead atoms. The minimum Gasteiger partial charge on any atom is -0.379 e. The van der Waals surface area contributed by atoms with Crippen LogP contribution in [-0.4, -0.2) is 10.9 Å². The molecule has 2 nitrogen and oxygen atoms in total. The first-order valence-electron chi connectivity index (χ1n) is 3.30. The number of rotatable bonds is 4. The van der Waals surface area contributed by atoms with Crippen LogP contribution in [0.1, 0.15) is 33.1 Å². The number of Topliss-reactive ketones (excluding diaryl/α,β-unsaturated/α-hetero) is 1. The molecule has 0 atom stereocenters. The summed E-state index contributed by atoms with van der Waals surface area (Å²) in [5.74, 6) is -0.128. The Bertz CT molecular complexity index is 88.9. The van der Waals surface area contributed by atoms with E-state index in [4.69, 9.17) is 5.11 Å². The fraction of sp³-hybridized carbons (Fsp3) is 0.714. The van der Waals surface area contributed by atoms with Crippen LogP contribution in [0.3, 0.4) is 0 Å². The lowest BCUT2D eigenvalue weighted by Crippen LogP contribution is -2.09. The van der Waals surface area contributed by atoms with Gasteiger partial charge in [-0.1, -0.05) is 20.3 Å². The second-order valence-electron chi connectivity index (χ2n) is 1.97. The largest absolute Gasteiger partial charge is 0.379 e. The minimum atomic E-state index is -0.128. The highest BCUT2D eigenvalue weighted by atomic mass is 16.3. The van der Waals surface area contributed by atoms with Crippen molar-refractivity contribution in [1.82, 2.24) is 0 Å². The van der Waals surface area contributed by atoms with Gasteiger partial charge in [0.2, 0.25) is 0 Å². The van der Waals surface area contributed by atoms with E-state index in [0.717, 1.165) is 6.42 Å². The molecule has 0 aromatic carbocycles. The smallest absolute Gasteiger partial charge is 0.167 e. The van der Waals surface area contributed by atoms with E-state index < -0.39 is 0 Å². The summed E-state index contributed by atoms with van der Waals surface area (Å²) >= 11 is 0. The van der Waals surface area contributed by atoms with Crippen molar-refractivity contribution in [2.45, 2.75) is 33.1 Å². The Morgan fingerprint density at radius 1 is 1.44 bits per heavy atom. The molecule has 2 heteroatoms. The highest BCUT2D eigenvalue weighted by Gasteiger charge is 2.11. The molecule has 0 aliphatic heterocycles. The van der Waals surface area contributed by atoms with Gasteiger partial charge in [0.15, 0.2) is 11.9 Å². The SMILES string of the molecule is CCC[C](O)C(=O)CC. The third-order valence-corrected chi connectivity index (χ3v) is 1.13. The molecular weight excluding hydrogens is 116 g/mol. The van der Waals surface area contributed by atoms with Gasteiger partial charge in [-0.05, 0) is 6.42 Å². The first kappa shape index (κ1) is 8.63. The number of carbonyl (C=O) groups is 1. The molecule has 1 N–H and O–H groups in total. The van der Waals surface area contributed by atoms with Gasteiger partial charge in [0, 0.05) is 6.42 Å². The Labute approximate surface area is 55.9 Å². The predicted molar refractivity (Wildman–Crippen MR) is 35.4 cm³/mol. The van der Waals surface area contributed by atoms with E-state index in [2.05, 4.69) is 0 Å². The molecule has 0 aromatic rings. The van der Waals surface area contributed by atoms with Gasteiger partial charge < -0.3 is 5.11 Å². The van der Waals surface area contributed by atoms with E-state index in [1.807, 2.05) is 6.92 Å². The summed E-state index contributed by atoms with van der Waals surface area (Å²) in [4.78, 5) is 10.6. The maximum absolute atomic E-state index is 10.6. The van der Waals surface area contributed by atoms with Crippen molar-refractivity contribution < 1.29 is 9.90 Å². The standard InChI is InChI=1S/C7H13O2/c1-3-5-7(9)6(8)4-2/h9H,3-5H2,1-2H3. The van der Waals surface area contributed by atoms with Crippen molar-refractivity contribution in [3.8, 4) is 0 Å². The monoisotopic (exact) mass is 129 g/mol. The number of carbonyl (C=O) groups excluding carboxylic acids is 1. The number of aliphatic hydroxyl groups excluding tert-OH is 1. The van der Waals surface area contributed by atoms with Gasteiger partial charge in [0.25, 0.3) is 0 Å².